The topological polar surface area (TPSA) is 41.5 Å². The molecule has 2 unspecified atom stereocenters. The van der Waals surface area contributed by atoms with E-state index in [-0.39, 0.29) is 6.61 Å². The maximum atomic E-state index is 8.80. The molecule has 3 heteroatoms. The molecule has 1 heterocycles. The molecule has 0 aliphatic carbocycles. The minimum Gasteiger partial charge on any atom is -0.395 e. The van der Waals surface area contributed by atoms with Crippen LogP contribution in [0, 0.1) is 0 Å². The lowest BCUT2D eigenvalue weighted by Crippen LogP contribution is -2.44. The minimum atomic E-state index is 0.249. The van der Waals surface area contributed by atoms with Gasteiger partial charge in [0.25, 0.3) is 0 Å². The van der Waals surface area contributed by atoms with Crippen LogP contribution in [-0.4, -0.2) is 37.0 Å². The Kier molecular flexibility index (Phi) is 3.83. The molecule has 0 aromatic rings. The third-order valence-electron chi connectivity index (χ3n) is 2.09. The highest BCUT2D eigenvalue weighted by Gasteiger charge is 2.19. The predicted octanol–water partition coefficient (Wildman–Crippen LogP) is 0.136. The monoisotopic (exact) mass is 159 g/mol. The Morgan fingerprint density at radius 3 is 2.82 bits per heavy atom. The van der Waals surface area contributed by atoms with Gasteiger partial charge in [0.15, 0.2) is 0 Å². The van der Waals surface area contributed by atoms with Gasteiger partial charge in [0.2, 0.25) is 0 Å². The molecule has 0 radical (unpaired) electrons. The first kappa shape index (κ1) is 8.97. The average molecular weight is 159 g/mol. The van der Waals surface area contributed by atoms with Crippen LogP contribution in [0.4, 0.5) is 0 Å². The first-order valence-corrected chi connectivity index (χ1v) is 4.32. The van der Waals surface area contributed by atoms with Crippen molar-refractivity contribution in [3.63, 3.8) is 0 Å². The van der Waals surface area contributed by atoms with Gasteiger partial charge < -0.3 is 15.2 Å². The van der Waals surface area contributed by atoms with Crippen LogP contribution in [0.25, 0.3) is 0 Å². The second kappa shape index (κ2) is 4.70. The normalized spacial score (nSPS) is 32.2. The van der Waals surface area contributed by atoms with Gasteiger partial charge in [-0.1, -0.05) is 0 Å². The Hall–Kier alpha value is -0.120. The molecular weight excluding hydrogens is 142 g/mol. The molecular formula is C8H17NO2. The average Bonchev–Trinajstić information content (AvgIpc) is 2.07. The molecule has 0 aromatic carbocycles. The second-order valence-corrected chi connectivity index (χ2v) is 2.94. The largest absolute Gasteiger partial charge is 0.395 e. The Morgan fingerprint density at radius 2 is 2.36 bits per heavy atom. The highest BCUT2D eigenvalue weighted by molar-refractivity contribution is 4.77. The van der Waals surface area contributed by atoms with E-state index in [1.54, 1.807) is 0 Å². The van der Waals surface area contributed by atoms with Crippen LogP contribution in [0.15, 0.2) is 0 Å². The first-order valence-electron chi connectivity index (χ1n) is 4.32. The van der Waals surface area contributed by atoms with Gasteiger partial charge in [0.1, 0.15) is 0 Å². The summed E-state index contributed by atoms with van der Waals surface area (Å²) in [7, 11) is 0. The van der Waals surface area contributed by atoms with Crippen molar-refractivity contribution in [1.29, 1.82) is 0 Å². The number of hydrogen-bond donors (Lipinski definition) is 2. The van der Waals surface area contributed by atoms with Crippen molar-refractivity contribution in [2.24, 2.45) is 0 Å². The molecule has 1 fully saturated rings. The maximum absolute atomic E-state index is 8.80. The molecule has 11 heavy (non-hydrogen) atoms. The predicted molar refractivity (Wildman–Crippen MR) is 43.5 cm³/mol. The van der Waals surface area contributed by atoms with Gasteiger partial charge in [-0.05, 0) is 19.8 Å². The van der Waals surface area contributed by atoms with E-state index in [0.29, 0.717) is 12.1 Å². The molecule has 66 valence electrons. The van der Waals surface area contributed by atoms with Crippen LogP contribution < -0.4 is 5.32 Å². The van der Waals surface area contributed by atoms with Crippen molar-refractivity contribution in [1.82, 2.24) is 5.32 Å². The van der Waals surface area contributed by atoms with Crippen LogP contribution in [0.1, 0.15) is 19.8 Å². The lowest BCUT2D eigenvalue weighted by Gasteiger charge is -2.28. The quantitative estimate of drug-likeness (QED) is 0.615. The highest BCUT2D eigenvalue weighted by atomic mass is 16.5. The van der Waals surface area contributed by atoms with E-state index in [1.807, 2.05) is 6.92 Å². The number of aliphatic hydroxyl groups excluding tert-OH is 1. The number of ether oxygens (including phenoxy) is 1. The zero-order valence-electron chi connectivity index (χ0n) is 7.05. The van der Waals surface area contributed by atoms with E-state index in [4.69, 9.17) is 9.84 Å². The van der Waals surface area contributed by atoms with Crippen molar-refractivity contribution >= 4 is 0 Å². The van der Waals surface area contributed by atoms with Gasteiger partial charge in [0, 0.05) is 19.2 Å². The molecule has 2 atom stereocenters. The third kappa shape index (κ3) is 2.77. The summed E-state index contributed by atoms with van der Waals surface area (Å²) in [5, 5.41) is 12.0. The summed E-state index contributed by atoms with van der Waals surface area (Å²) in [6.07, 6.45) is 2.47. The van der Waals surface area contributed by atoms with Crippen molar-refractivity contribution in [2.45, 2.75) is 31.9 Å². The first-order chi connectivity index (χ1) is 5.36. The molecule has 3 nitrogen and oxygen atoms in total. The zero-order valence-corrected chi connectivity index (χ0v) is 7.05. The lowest BCUT2D eigenvalue weighted by molar-refractivity contribution is 0.0318. The van der Waals surface area contributed by atoms with Crippen LogP contribution in [0.2, 0.25) is 0 Å². The molecule has 1 aliphatic rings. The standard InChI is InChI=1S/C8H17NO2/c1-2-11-8-4-3-7(6-10)9-5-8/h7-10H,2-6H2,1H3. The summed E-state index contributed by atoms with van der Waals surface area (Å²) in [4.78, 5) is 0. The van der Waals surface area contributed by atoms with E-state index in [9.17, 15) is 0 Å². The Bertz CT molecular complexity index is 100. The highest BCUT2D eigenvalue weighted by Crippen LogP contribution is 2.10. The number of rotatable bonds is 3. The molecule has 0 spiro atoms. The molecule has 0 amide bonds. The van der Waals surface area contributed by atoms with Crippen LogP contribution in [0.5, 0.6) is 0 Å². The van der Waals surface area contributed by atoms with Gasteiger partial charge in [0.05, 0.1) is 12.7 Å². The zero-order chi connectivity index (χ0) is 8.10. The van der Waals surface area contributed by atoms with Crippen molar-refractivity contribution < 1.29 is 9.84 Å². The summed E-state index contributed by atoms with van der Waals surface area (Å²) in [5.74, 6) is 0. The fraction of sp³-hybridized carbons (Fsp3) is 1.00. The van der Waals surface area contributed by atoms with Crippen LogP contribution >= 0.6 is 0 Å². The van der Waals surface area contributed by atoms with Gasteiger partial charge in [-0.3, -0.25) is 0 Å². The minimum absolute atomic E-state index is 0.249. The smallest absolute Gasteiger partial charge is 0.0700 e. The van der Waals surface area contributed by atoms with Crippen LogP contribution in [0.3, 0.4) is 0 Å². The fourth-order valence-corrected chi connectivity index (χ4v) is 1.42. The van der Waals surface area contributed by atoms with Gasteiger partial charge >= 0.3 is 0 Å². The SMILES string of the molecule is CCOC1CCC(CO)NC1. The Balaban J connectivity index is 2.14. The number of hydrogen-bond acceptors (Lipinski definition) is 3. The molecule has 0 aromatic heterocycles. The summed E-state index contributed by atoms with van der Waals surface area (Å²) in [5.41, 5.74) is 0. The van der Waals surface area contributed by atoms with E-state index >= 15 is 0 Å². The van der Waals surface area contributed by atoms with E-state index in [1.165, 1.54) is 0 Å². The van der Waals surface area contributed by atoms with E-state index in [2.05, 4.69) is 5.32 Å². The molecule has 0 bridgehead atoms. The molecule has 1 aliphatic heterocycles. The number of nitrogens with one attached hydrogen (secondary N) is 1. The number of aliphatic hydroxyl groups is 1. The molecule has 0 saturated carbocycles. The maximum Gasteiger partial charge on any atom is 0.0700 e. The van der Waals surface area contributed by atoms with Gasteiger partial charge in [-0.25, -0.2) is 0 Å². The summed E-state index contributed by atoms with van der Waals surface area (Å²) in [6, 6.07) is 0.298. The molecule has 1 rings (SSSR count). The van der Waals surface area contributed by atoms with E-state index < -0.39 is 0 Å². The van der Waals surface area contributed by atoms with Crippen LogP contribution in [-0.2, 0) is 4.74 Å². The van der Waals surface area contributed by atoms with Crippen molar-refractivity contribution in [2.75, 3.05) is 19.8 Å². The summed E-state index contributed by atoms with van der Waals surface area (Å²) >= 11 is 0. The fourth-order valence-electron chi connectivity index (χ4n) is 1.42. The van der Waals surface area contributed by atoms with Gasteiger partial charge in [-0.15, -0.1) is 0 Å². The molecule has 1 saturated heterocycles. The third-order valence-corrected chi connectivity index (χ3v) is 2.09. The van der Waals surface area contributed by atoms with Crippen molar-refractivity contribution in [3.8, 4) is 0 Å². The van der Waals surface area contributed by atoms with Gasteiger partial charge in [-0.2, -0.15) is 0 Å². The Labute approximate surface area is 67.7 Å². The number of piperidine rings is 1. The Morgan fingerprint density at radius 1 is 1.55 bits per heavy atom. The summed E-state index contributed by atoms with van der Waals surface area (Å²) in [6.45, 7) is 3.94. The second-order valence-electron chi connectivity index (χ2n) is 2.94. The lowest BCUT2D eigenvalue weighted by atomic mass is 10.0. The summed E-state index contributed by atoms with van der Waals surface area (Å²) < 4.78 is 5.43. The molecule has 2 N–H and O–H groups in total. The van der Waals surface area contributed by atoms with Crippen molar-refractivity contribution in [3.05, 3.63) is 0 Å². The van der Waals surface area contributed by atoms with E-state index in [0.717, 1.165) is 26.0 Å².